The van der Waals surface area contributed by atoms with E-state index in [1.54, 1.807) is 0 Å². The Bertz CT molecular complexity index is 764. The van der Waals surface area contributed by atoms with Gasteiger partial charge in [0.05, 0.1) is 35.3 Å². The van der Waals surface area contributed by atoms with Gasteiger partial charge >= 0.3 is 0 Å². The first-order chi connectivity index (χ1) is 9.58. The van der Waals surface area contributed by atoms with E-state index in [-0.39, 0.29) is 0 Å². The van der Waals surface area contributed by atoms with Crippen molar-refractivity contribution in [2.24, 2.45) is 0 Å². The summed E-state index contributed by atoms with van der Waals surface area (Å²) in [6.45, 7) is 10.1. The summed E-state index contributed by atoms with van der Waals surface area (Å²) in [7, 11) is 0. The second-order valence-electron chi connectivity index (χ2n) is 5.39. The van der Waals surface area contributed by atoms with Gasteiger partial charge < -0.3 is 4.57 Å². The van der Waals surface area contributed by atoms with Crippen LogP contribution in [0.5, 0.6) is 0 Å². The third kappa shape index (κ3) is 2.11. The summed E-state index contributed by atoms with van der Waals surface area (Å²) in [6, 6.07) is 6.52. The molecule has 1 aromatic carbocycles. The van der Waals surface area contributed by atoms with Gasteiger partial charge in [-0.25, -0.2) is 4.98 Å². The predicted molar refractivity (Wildman–Crippen MR) is 80.9 cm³/mol. The Morgan fingerprint density at radius 2 is 1.80 bits per heavy atom. The Balaban J connectivity index is 2.04. The molecule has 4 nitrogen and oxygen atoms in total. The van der Waals surface area contributed by atoms with Crippen LogP contribution in [0.25, 0.3) is 11.0 Å². The molecule has 0 aliphatic heterocycles. The summed E-state index contributed by atoms with van der Waals surface area (Å²) in [5, 5.41) is 4.50. The van der Waals surface area contributed by atoms with Gasteiger partial charge in [-0.1, -0.05) is 0 Å². The lowest BCUT2D eigenvalue weighted by atomic mass is 10.1. The van der Waals surface area contributed by atoms with E-state index in [0.29, 0.717) is 0 Å². The van der Waals surface area contributed by atoms with Crippen LogP contribution in [-0.2, 0) is 13.1 Å². The van der Waals surface area contributed by atoms with E-state index >= 15 is 0 Å². The predicted octanol–water partition coefficient (Wildman–Crippen LogP) is 3.23. The molecule has 20 heavy (non-hydrogen) atoms. The van der Waals surface area contributed by atoms with Crippen LogP contribution in [0.1, 0.15) is 29.4 Å². The molecule has 0 atom stereocenters. The zero-order chi connectivity index (χ0) is 14.3. The van der Waals surface area contributed by atoms with Crippen LogP contribution in [0.2, 0.25) is 0 Å². The molecule has 0 fully saturated rings. The van der Waals surface area contributed by atoms with Crippen molar-refractivity contribution in [2.75, 3.05) is 0 Å². The molecule has 0 amide bonds. The van der Waals surface area contributed by atoms with Gasteiger partial charge in [-0.3, -0.25) is 4.68 Å². The van der Waals surface area contributed by atoms with E-state index in [1.165, 1.54) is 22.3 Å². The standard InChI is InChI=1S/C16H20N4/c1-5-20-14(8-13(4)18-20)9-19-10-17-15-6-11(2)12(3)7-16(15)19/h6-8,10H,5,9H2,1-4H3. The van der Waals surface area contributed by atoms with Gasteiger partial charge in [-0.15, -0.1) is 0 Å². The zero-order valence-electron chi connectivity index (χ0n) is 12.5. The first-order valence-electron chi connectivity index (χ1n) is 7.04. The molecule has 104 valence electrons. The maximum Gasteiger partial charge on any atom is 0.0962 e. The number of nitrogens with zero attached hydrogens (tertiary/aromatic N) is 4. The van der Waals surface area contributed by atoms with Gasteiger partial charge in [-0.05, 0) is 57.0 Å². The largest absolute Gasteiger partial charge is 0.325 e. The van der Waals surface area contributed by atoms with Crippen LogP contribution in [0, 0.1) is 20.8 Å². The highest BCUT2D eigenvalue weighted by Crippen LogP contribution is 2.19. The summed E-state index contributed by atoms with van der Waals surface area (Å²) in [5.74, 6) is 0. The highest BCUT2D eigenvalue weighted by molar-refractivity contribution is 5.77. The molecule has 2 aromatic heterocycles. The molecule has 3 aromatic rings. The Morgan fingerprint density at radius 1 is 1.05 bits per heavy atom. The van der Waals surface area contributed by atoms with E-state index in [2.05, 4.69) is 58.3 Å². The van der Waals surface area contributed by atoms with Gasteiger partial charge in [0.25, 0.3) is 0 Å². The van der Waals surface area contributed by atoms with Crippen LogP contribution >= 0.6 is 0 Å². The minimum absolute atomic E-state index is 0.813. The maximum absolute atomic E-state index is 4.51. The molecule has 0 radical (unpaired) electrons. The van der Waals surface area contributed by atoms with E-state index < -0.39 is 0 Å². The van der Waals surface area contributed by atoms with Crippen LogP contribution < -0.4 is 0 Å². The van der Waals surface area contributed by atoms with E-state index in [9.17, 15) is 0 Å². The highest BCUT2D eigenvalue weighted by Gasteiger charge is 2.09. The van der Waals surface area contributed by atoms with Gasteiger partial charge in [0.2, 0.25) is 0 Å². The number of aryl methyl sites for hydroxylation is 4. The molecular formula is C16H20N4. The summed E-state index contributed by atoms with van der Waals surface area (Å²) in [5.41, 5.74) is 7.14. The van der Waals surface area contributed by atoms with Gasteiger partial charge in [0.1, 0.15) is 0 Å². The average molecular weight is 268 g/mol. The Morgan fingerprint density at radius 3 is 2.55 bits per heavy atom. The minimum Gasteiger partial charge on any atom is -0.325 e. The lowest BCUT2D eigenvalue weighted by molar-refractivity contribution is 0.601. The number of aromatic nitrogens is 4. The first-order valence-corrected chi connectivity index (χ1v) is 7.04. The molecule has 0 aliphatic carbocycles. The quantitative estimate of drug-likeness (QED) is 0.731. The molecule has 0 bridgehead atoms. The van der Waals surface area contributed by atoms with Crippen molar-refractivity contribution >= 4 is 11.0 Å². The van der Waals surface area contributed by atoms with Crippen LogP contribution in [0.4, 0.5) is 0 Å². The second-order valence-corrected chi connectivity index (χ2v) is 5.39. The van der Waals surface area contributed by atoms with Crippen molar-refractivity contribution in [3.05, 3.63) is 47.0 Å². The van der Waals surface area contributed by atoms with Crippen molar-refractivity contribution in [3.63, 3.8) is 0 Å². The van der Waals surface area contributed by atoms with Crippen molar-refractivity contribution in [3.8, 4) is 0 Å². The Hall–Kier alpha value is -2.10. The zero-order valence-corrected chi connectivity index (χ0v) is 12.5. The third-order valence-electron chi connectivity index (χ3n) is 3.85. The molecule has 0 saturated heterocycles. The van der Waals surface area contributed by atoms with E-state index in [4.69, 9.17) is 0 Å². The van der Waals surface area contributed by atoms with Crippen molar-refractivity contribution in [1.29, 1.82) is 0 Å². The fourth-order valence-electron chi connectivity index (χ4n) is 2.61. The minimum atomic E-state index is 0.813. The molecule has 2 heterocycles. The topological polar surface area (TPSA) is 35.6 Å². The number of rotatable bonds is 3. The van der Waals surface area contributed by atoms with Crippen molar-refractivity contribution in [2.45, 2.75) is 40.8 Å². The van der Waals surface area contributed by atoms with E-state index in [0.717, 1.165) is 24.3 Å². The Labute approximate surface area is 119 Å². The monoisotopic (exact) mass is 268 g/mol. The van der Waals surface area contributed by atoms with Crippen LogP contribution in [0.15, 0.2) is 24.5 Å². The first kappa shape index (κ1) is 12.9. The summed E-state index contributed by atoms with van der Waals surface area (Å²) < 4.78 is 4.26. The van der Waals surface area contributed by atoms with Gasteiger partial charge in [-0.2, -0.15) is 5.10 Å². The lowest BCUT2D eigenvalue weighted by Gasteiger charge is -2.07. The van der Waals surface area contributed by atoms with Gasteiger partial charge in [0, 0.05) is 6.54 Å². The average Bonchev–Trinajstić information content (AvgIpc) is 2.95. The fourth-order valence-corrected chi connectivity index (χ4v) is 2.61. The van der Waals surface area contributed by atoms with Crippen LogP contribution in [0.3, 0.4) is 0 Å². The van der Waals surface area contributed by atoms with Gasteiger partial charge in [0.15, 0.2) is 0 Å². The van der Waals surface area contributed by atoms with Crippen molar-refractivity contribution in [1.82, 2.24) is 19.3 Å². The summed E-state index contributed by atoms with van der Waals surface area (Å²) in [4.78, 5) is 4.51. The second kappa shape index (κ2) is 4.78. The molecule has 0 unspecified atom stereocenters. The molecular weight excluding hydrogens is 248 g/mol. The molecule has 0 aliphatic rings. The number of imidazole rings is 1. The molecule has 0 saturated carbocycles. The molecule has 3 rings (SSSR count). The smallest absolute Gasteiger partial charge is 0.0962 e. The third-order valence-corrected chi connectivity index (χ3v) is 3.85. The Kier molecular flexibility index (Phi) is 3.08. The highest BCUT2D eigenvalue weighted by atomic mass is 15.3. The summed E-state index contributed by atoms with van der Waals surface area (Å²) in [6.07, 6.45) is 1.92. The lowest BCUT2D eigenvalue weighted by Crippen LogP contribution is -2.07. The SMILES string of the molecule is CCn1nc(C)cc1Cn1cnc2cc(C)c(C)cc21. The molecule has 0 N–H and O–H groups in total. The van der Waals surface area contributed by atoms with Crippen molar-refractivity contribution < 1.29 is 0 Å². The molecule has 4 heteroatoms. The fraction of sp³-hybridized carbons (Fsp3) is 0.375. The number of hydrogen-bond donors (Lipinski definition) is 0. The van der Waals surface area contributed by atoms with E-state index in [1.807, 2.05) is 13.3 Å². The summed E-state index contributed by atoms with van der Waals surface area (Å²) >= 11 is 0. The number of fused-ring (bicyclic) bond motifs is 1. The normalized spacial score (nSPS) is 11.4. The molecule has 0 spiro atoms. The van der Waals surface area contributed by atoms with Crippen LogP contribution in [-0.4, -0.2) is 19.3 Å². The number of benzene rings is 1. The number of hydrogen-bond acceptors (Lipinski definition) is 2. The maximum atomic E-state index is 4.51.